The van der Waals surface area contributed by atoms with E-state index in [0.29, 0.717) is 0 Å². The average molecular weight is 531 g/mol. The van der Waals surface area contributed by atoms with E-state index in [-0.39, 0.29) is 0 Å². The van der Waals surface area contributed by atoms with Crippen LogP contribution in [0, 0.1) is 13.8 Å². The Balaban J connectivity index is 2.18. The van der Waals surface area contributed by atoms with Gasteiger partial charge >= 0.3 is 8.69 Å². The Kier molecular flexibility index (Phi) is 16.3. The lowest BCUT2D eigenvalue weighted by Gasteiger charge is -2.24. The average Bonchev–Trinajstić information content (AvgIpc) is 2.87. The largest absolute Gasteiger partial charge is 0.373 e. The maximum Gasteiger partial charge on any atom is 0.373 e. The van der Waals surface area contributed by atoms with Crippen molar-refractivity contribution in [1.82, 2.24) is 0 Å². The van der Waals surface area contributed by atoms with Crippen molar-refractivity contribution in [2.45, 2.75) is 137 Å². The number of rotatable bonds is 20. The molecule has 0 amide bonds. The molecule has 0 aliphatic heterocycles. The second-order valence-corrected chi connectivity index (χ2v) is 11.5. The zero-order valence-corrected chi connectivity index (χ0v) is 24.9. The molecule has 1 atom stereocenters. The molecule has 1 unspecified atom stereocenters. The summed E-state index contributed by atoms with van der Waals surface area (Å²) in [5, 5.41) is 0. The summed E-state index contributed by atoms with van der Waals surface area (Å²) >= 11 is 0. The van der Waals surface area contributed by atoms with Gasteiger partial charge in [0.1, 0.15) is 6.10 Å². The van der Waals surface area contributed by atoms with Crippen molar-refractivity contribution in [3.05, 3.63) is 69.8 Å². The predicted octanol–water partition coefficient (Wildman–Crippen LogP) is 11.2. The van der Waals surface area contributed by atoms with Crippen molar-refractivity contribution in [3.63, 3.8) is 0 Å². The van der Waals surface area contributed by atoms with Crippen LogP contribution in [0.4, 0.5) is 4.20 Å². The summed E-state index contributed by atoms with van der Waals surface area (Å²) in [7, 11) is -2.98. The van der Waals surface area contributed by atoms with Crippen molar-refractivity contribution in [3.8, 4) is 0 Å². The Hall–Kier alpha value is -1.28. The Morgan fingerprint density at radius 2 is 1.03 bits per heavy atom. The molecular formula is C33H52FO2P. The maximum absolute atomic E-state index is 14.1. The first-order valence-corrected chi connectivity index (χ1v) is 16.1. The van der Waals surface area contributed by atoms with Crippen molar-refractivity contribution >= 4 is 8.69 Å². The Morgan fingerprint density at radius 3 is 1.41 bits per heavy atom. The van der Waals surface area contributed by atoms with Gasteiger partial charge in [0.2, 0.25) is 0 Å². The molecular weight excluding hydrogens is 478 g/mol. The van der Waals surface area contributed by atoms with Crippen LogP contribution in [0.3, 0.4) is 0 Å². The van der Waals surface area contributed by atoms with E-state index in [4.69, 9.17) is 4.52 Å². The van der Waals surface area contributed by atoms with E-state index in [1.54, 1.807) is 0 Å². The fourth-order valence-electron chi connectivity index (χ4n) is 5.33. The summed E-state index contributed by atoms with van der Waals surface area (Å²) in [6.45, 7) is 8.72. The van der Waals surface area contributed by atoms with Gasteiger partial charge in [-0.3, -0.25) is 4.52 Å². The second-order valence-electron chi connectivity index (χ2n) is 10.9. The molecule has 4 heteroatoms. The normalized spacial score (nSPS) is 12.4. The maximum atomic E-state index is 14.1. The van der Waals surface area contributed by atoms with Crippen LogP contribution in [-0.4, -0.2) is 4.89 Å². The molecule has 2 aromatic rings. The zero-order chi connectivity index (χ0) is 26.9. The molecule has 0 saturated heterocycles. The van der Waals surface area contributed by atoms with Gasteiger partial charge in [0, 0.05) is 0 Å². The predicted molar refractivity (Wildman–Crippen MR) is 159 cm³/mol. The topological polar surface area (TPSA) is 29.5 Å². The van der Waals surface area contributed by atoms with E-state index in [0.717, 1.165) is 36.8 Å². The third-order valence-electron chi connectivity index (χ3n) is 7.45. The smallest absolute Gasteiger partial charge is 0.325 e. The van der Waals surface area contributed by atoms with Crippen LogP contribution in [0.2, 0.25) is 0 Å². The fourth-order valence-corrected chi connectivity index (χ4v) is 5.73. The van der Waals surface area contributed by atoms with Crippen molar-refractivity contribution in [2.24, 2.45) is 0 Å². The van der Waals surface area contributed by atoms with E-state index in [9.17, 15) is 9.09 Å². The highest BCUT2D eigenvalue weighted by Gasteiger charge is 2.25. The molecule has 0 radical (unpaired) electrons. The summed E-state index contributed by atoms with van der Waals surface area (Å²) in [5.74, 6) is 0. The summed E-state index contributed by atoms with van der Waals surface area (Å²) in [6.07, 6.45) is 19.0. The molecule has 0 bridgehead atoms. The SMILES string of the molecule is CCCCCCCCCc1cc(C)ccc1C(OP(O)F)c1ccc(C)cc1CCCCCCCCC. The number of hydrogen-bond acceptors (Lipinski definition) is 2. The first-order chi connectivity index (χ1) is 18.0. The second kappa shape index (κ2) is 18.9. The summed E-state index contributed by atoms with van der Waals surface area (Å²) in [5.41, 5.74) is 6.86. The van der Waals surface area contributed by atoms with Gasteiger partial charge in [-0.05, 0) is 61.8 Å². The molecule has 0 aliphatic rings. The fraction of sp³-hybridized carbons (Fsp3) is 0.636. The molecule has 1 N–H and O–H groups in total. The minimum Gasteiger partial charge on any atom is -0.325 e. The molecule has 2 rings (SSSR count). The molecule has 0 aliphatic carbocycles. The molecule has 0 saturated carbocycles. The summed E-state index contributed by atoms with van der Waals surface area (Å²) in [4.78, 5) is 9.75. The van der Waals surface area contributed by atoms with Gasteiger partial charge in [-0.2, -0.15) is 4.20 Å². The first-order valence-electron chi connectivity index (χ1n) is 15.0. The lowest BCUT2D eigenvalue weighted by Crippen LogP contribution is -2.10. The van der Waals surface area contributed by atoms with Crippen LogP contribution in [0.15, 0.2) is 36.4 Å². The highest BCUT2D eigenvalue weighted by molar-refractivity contribution is 7.40. The van der Waals surface area contributed by atoms with Crippen LogP contribution in [0.1, 0.15) is 143 Å². The van der Waals surface area contributed by atoms with Crippen LogP contribution in [-0.2, 0) is 17.4 Å². The minimum atomic E-state index is -2.98. The Labute approximate surface area is 228 Å². The van der Waals surface area contributed by atoms with Crippen LogP contribution < -0.4 is 0 Å². The third-order valence-corrected chi connectivity index (χ3v) is 7.84. The zero-order valence-electron chi connectivity index (χ0n) is 24.0. The van der Waals surface area contributed by atoms with Crippen molar-refractivity contribution in [2.75, 3.05) is 0 Å². The van der Waals surface area contributed by atoms with Crippen LogP contribution in [0.25, 0.3) is 0 Å². The van der Waals surface area contributed by atoms with Gasteiger partial charge in [-0.25, -0.2) is 0 Å². The van der Waals surface area contributed by atoms with Gasteiger partial charge in [0.05, 0.1) is 0 Å². The van der Waals surface area contributed by atoms with Gasteiger partial charge in [0.25, 0.3) is 0 Å². The molecule has 0 aromatic heterocycles. The van der Waals surface area contributed by atoms with Gasteiger partial charge in [-0.1, -0.05) is 138 Å². The van der Waals surface area contributed by atoms with Gasteiger partial charge < -0.3 is 4.89 Å². The monoisotopic (exact) mass is 530 g/mol. The molecule has 0 spiro atoms. The lowest BCUT2D eigenvalue weighted by atomic mass is 9.88. The third kappa shape index (κ3) is 12.4. The van der Waals surface area contributed by atoms with Gasteiger partial charge in [0.15, 0.2) is 0 Å². The molecule has 37 heavy (non-hydrogen) atoms. The summed E-state index contributed by atoms with van der Waals surface area (Å²) < 4.78 is 19.7. The summed E-state index contributed by atoms with van der Waals surface area (Å²) in [6, 6.07) is 12.8. The minimum absolute atomic E-state index is 0.582. The molecule has 2 nitrogen and oxygen atoms in total. The number of hydrogen-bond donors (Lipinski definition) is 1. The molecule has 0 fully saturated rings. The lowest BCUT2D eigenvalue weighted by molar-refractivity contribution is 0.222. The van der Waals surface area contributed by atoms with E-state index >= 15 is 0 Å². The van der Waals surface area contributed by atoms with Crippen LogP contribution >= 0.6 is 8.69 Å². The standard InChI is InChI=1S/C33H52FO2P/c1-5-7-9-11-13-15-17-19-29-25-27(3)21-23-31(29)33(36-37(34)35)32-24-22-28(4)26-30(32)20-18-16-14-12-10-8-6-2/h21-26,33,35H,5-20H2,1-4H3. The highest BCUT2D eigenvalue weighted by atomic mass is 31.2. The number of aryl methyl sites for hydroxylation is 4. The number of halogens is 1. The molecule has 2 aromatic carbocycles. The number of unbranched alkanes of at least 4 members (excludes halogenated alkanes) is 12. The van der Waals surface area contributed by atoms with E-state index in [1.165, 1.54) is 99.3 Å². The van der Waals surface area contributed by atoms with Crippen molar-refractivity contribution < 1.29 is 13.6 Å². The quantitative estimate of drug-likeness (QED) is 0.136. The Morgan fingerprint density at radius 1 is 0.649 bits per heavy atom. The van der Waals surface area contributed by atoms with Crippen molar-refractivity contribution in [1.29, 1.82) is 0 Å². The van der Waals surface area contributed by atoms with E-state index in [1.807, 2.05) is 0 Å². The van der Waals surface area contributed by atoms with E-state index < -0.39 is 14.8 Å². The molecule has 0 heterocycles. The highest BCUT2D eigenvalue weighted by Crippen LogP contribution is 2.44. The first kappa shape index (κ1) is 31.9. The number of benzene rings is 2. The Bertz CT molecular complexity index is 815. The van der Waals surface area contributed by atoms with Gasteiger partial charge in [-0.15, -0.1) is 0 Å². The molecule has 208 valence electrons. The van der Waals surface area contributed by atoms with E-state index in [2.05, 4.69) is 64.1 Å². The van der Waals surface area contributed by atoms with Crippen LogP contribution in [0.5, 0.6) is 0 Å².